The van der Waals surface area contributed by atoms with Crippen molar-refractivity contribution in [3.8, 4) is 5.75 Å². The van der Waals surface area contributed by atoms with Gasteiger partial charge in [-0.3, -0.25) is 0 Å². The molecule has 0 aliphatic rings. The van der Waals surface area contributed by atoms with E-state index in [1.54, 1.807) is 12.1 Å². The third-order valence-corrected chi connectivity index (χ3v) is 1.86. The molecule has 0 aliphatic carbocycles. The summed E-state index contributed by atoms with van der Waals surface area (Å²) in [6, 6.07) is 4.58. The summed E-state index contributed by atoms with van der Waals surface area (Å²) in [7, 11) is 0. The number of hydrogen-bond acceptors (Lipinski definition) is 1. The first kappa shape index (κ1) is 10.3. The third kappa shape index (κ3) is 3.19. The van der Waals surface area contributed by atoms with Crippen LogP contribution in [0.5, 0.6) is 5.75 Å². The molecule has 1 aromatic rings. The Labute approximate surface area is 85.3 Å². The van der Waals surface area contributed by atoms with Gasteiger partial charge in [-0.2, -0.15) is 0 Å². The van der Waals surface area contributed by atoms with E-state index >= 15 is 0 Å². The average molecular weight is 245 g/mol. The normalized spacial score (nSPS) is 9.77. The number of halogens is 2. The van der Waals surface area contributed by atoms with Crippen LogP contribution in [0.2, 0.25) is 0 Å². The molecule has 0 aliphatic heterocycles. The SMILES string of the molecule is C=C(C)COc1cc(Br)ccc1F. The fourth-order valence-electron chi connectivity index (χ4n) is 0.789. The fraction of sp³-hybridized carbons (Fsp3) is 0.200. The standard InChI is InChI=1S/C10H10BrFO/c1-7(2)6-13-10-5-8(11)3-4-9(10)12/h3-5H,1,6H2,2H3. The Bertz CT molecular complexity index is 323. The van der Waals surface area contributed by atoms with Crippen molar-refractivity contribution >= 4 is 15.9 Å². The quantitative estimate of drug-likeness (QED) is 0.740. The van der Waals surface area contributed by atoms with Gasteiger partial charge < -0.3 is 4.74 Å². The summed E-state index contributed by atoms with van der Waals surface area (Å²) in [5.41, 5.74) is 0.861. The van der Waals surface area contributed by atoms with Gasteiger partial charge in [0, 0.05) is 4.47 Å². The van der Waals surface area contributed by atoms with Crippen molar-refractivity contribution in [3.05, 3.63) is 40.6 Å². The second kappa shape index (κ2) is 4.42. The second-order valence-corrected chi connectivity index (χ2v) is 3.74. The highest BCUT2D eigenvalue weighted by atomic mass is 79.9. The summed E-state index contributed by atoms with van der Waals surface area (Å²) in [4.78, 5) is 0. The van der Waals surface area contributed by atoms with Gasteiger partial charge in [-0.1, -0.05) is 22.5 Å². The first-order valence-corrected chi connectivity index (χ1v) is 4.61. The Kier molecular flexibility index (Phi) is 3.48. The Hall–Kier alpha value is -0.830. The molecular formula is C10H10BrFO. The van der Waals surface area contributed by atoms with E-state index in [0.29, 0.717) is 6.61 Å². The molecule has 0 N–H and O–H groups in total. The molecule has 0 heterocycles. The van der Waals surface area contributed by atoms with Crippen LogP contribution < -0.4 is 4.74 Å². The molecule has 0 fully saturated rings. The Morgan fingerprint density at radius 2 is 2.31 bits per heavy atom. The largest absolute Gasteiger partial charge is 0.486 e. The predicted octanol–water partition coefficient (Wildman–Crippen LogP) is 3.54. The van der Waals surface area contributed by atoms with Gasteiger partial charge in [0.1, 0.15) is 6.61 Å². The smallest absolute Gasteiger partial charge is 0.165 e. The molecule has 0 saturated heterocycles. The molecule has 0 aromatic heterocycles. The molecule has 1 aromatic carbocycles. The van der Waals surface area contributed by atoms with Gasteiger partial charge in [0.2, 0.25) is 0 Å². The molecule has 1 nitrogen and oxygen atoms in total. The number of benzene rings is 1. The van der Waals surface area contributed by atoms with E-state index in [0.717, 1.165) is 10.0 Å². The van der Waals surface area contributed by atoms with Crippen LogP contribution in [0.1, 0.15) is 6.92 Å². The molecule has 3 heteroatoms. The zero-order valence-corrected chi connectivity index (χ0v) is 8.90. The average Bonchev–Trinajstić information content (AvgIpc) is 2.06. The molecular weight excluding hydrogens is 235 g/mol. The molecule has 70 valence electrons. The van der Waals surface area contributed by atoms with Crippen molar-refractivity contribution in [2.24, 2.45) is 0 Å². The van der Waals surface area contributed by atoms with Crippen molar-refractivity contribution < 1.29 is 9.13 Å². The van der Waals surface area contributed by atoms with E-state index < -0.39 is 0 Å². The highest BCUT2D eigenvalue weighted by Gasteiger charge is 2.03. The molecule has 0 spiro atoms. The first-order chi connectivity index (χ1) is 6.09. The summed E-state index contributed by atoms with van der Waals surface area (Å²) < 4.78 is 19.0. The molecule has 0 amide bonds. The van der Waals surface area contributed by atoms with Crippen LogP contribution in [0.15, 0.2) is 34.8 Å². The molecule has 0 atom stereocenters. The second-order valence-electron chi connectivity index (χ2n) is 2.82. The van der Waals surface area contributed by atoms with E-state index in [4.69, 9.17) is 4.74 Å². The minimum Gasteiger partial charge on any atom is -0.486 e. The third-order valence-electron chi connectivity index (χ3n) is 1.37. The van der Waals surface area contributed by atoms with Gasteiger partial charge in [-0.25, -0.2) is 4.39 Å². The van der Waals surface area contributed by atoms with Gasteiger partial charge in [0.05, 0.1) is 0 Å². The predicted molar refractivity (Wildman–Crippen MR) is 54.4 cm³/mol. The number of ether oxygens (including phenoxy) is 1. The van der Waals surface area contributed by atoms with Gasteiger partial charge in [-0.05, 0) is 30.7 Å². The highest BCUT2D eigenvalue weighted by Crippen LogP contribution is 2.22. The maximum absolute atomic E-state index is 13.0. The van der Waals surface area contributed by atoms with Crippen molar-refractivity contribution in [3.63, 3.8) is 0 Å². The van der Waals surface area contributed by atoms with E-state index in [9.17, 15) is 4.39 Å². The van der Waals surface area contributed by atoms with Gasteiger partial charge in [-0.15, -0.1) is 0 Å². The van der Waals surface area contributed by atoms with E-state index in [1.807, 2.05) is 6.92 Å². The Balaban J connectivity index is 2.75. The Morgan fingerprint density at radius 3 is 2.92 bits per heavy atom. The molecule has 0 unspecified atom stereocenters. The zero-order valence-electron chi connectivity index (χ0n) is 7.31. The fourth-order valence-corrected chi connectivity index (χ4v) is 1.13. The summed E-state index contributed by atoms with van der Waals surface area (Å²) >= 11 is 3.23. The lowest BCUT2D eigenvalue weighted by Crippen LogP contribution is -1.99. The van der Waals surface area contributed by atoms with Crippen LogP contribution in [-0.4, -0.2) is 6.61 Å². The minimum absolute atomic E-state index is 0.248. The lowest BCUT2D eigenvalue weighted by Gasteiger charge is -2.06. The molecule has 0 radical (unpaired) electrons. The van der Waals surface area contributed by atoms with Crippen LogP contribution in [0.3, 0.4) is 0 Å². The summed E-state index contributed by atoms with van der Waals surface area (Å²) in [5.74, 6) is -0.109. The molecule has 1 rings (SSSR count). The first-order valence-electron chi connectivity index (χ1n) is 3.82. The van der Waals surface area contributed by atoms with Crippen LogP contribution in [-0.2, 0) is 0 Å². The molecule has 0 bridgehead atoms. The van der Waals surface area contributed by atoms with E-state index in [2.05, 4.69) is 22.5 Å². The Morgan fingerprint density at radius 1 is 1.62 bits per heavy atom. The van der Waals surface area contributed by atoms with Crippen LogP contribution >= 0.6 is 15.9 Å². The topological polar surface area (TPSA) is 9.23 Å². The molecule has 0 saturated carbocycles. The summed E-state index contributed by atoms with van der Waals surface area (Å²) in [6.07, 6.45) is 0. The summed E-state index contributed by atoms with van der Waals surface area (Å²) in [6.45, 7) is 5.83. The number of hydrogen-bond donors (Lipinski definition) is 0. The van der Waals surface area contributed by atoms with Gasteiger partial charge in [0.15, 0.2) is 11.6 Å². The van der Waals surface area contributed by atoms with Gasteiger partial charge >= 0.3 is 0 Å². The van der Waals surface area contributed by atoms with Crippen molar-refractivity contribution in [2.45, 2.75) is 6.92 Å². The van der Waals surface area contributed by atoms with Crippen LogP contribution in [0.4, 0.5) is 4.39 Å². The van der Waals surface area contributed by atoms with Crippen LogP contribution in [0, 0.1) is 5.82 Å². The van der Waals surface area contributed by atoms with Gasteiger partial charge in [0.25, 0.3) is 0 Å². The maximum atomic E-state index is 13.0. The highest BCUT2D eigenvalue weighted by molar-refractivity contribution is 9.10. The maximum Gasteiger partial charge on any atom is 0.165 e. The summed E-state index contributed by atoms with van der Waals surface area (Å²) in [5, 5.41) is 0. The molecule has 13 heavy (non-hydrogen) atoms. The monoisotopic (exact) mass is 244 g/mol. The number of rotatable bonds is 3. The zero-order chi connectivity index (χ0) is 9.84. The lowest BCUT2D eigenvalue weighted by molar-refractivity contribution is 0.332. The van der Waals surface area contributed by atoms with E-state index in [1.165, 1.54) is 6.07 Å². The minimum atomic E-state index is -0.357. The van der Waals surface area contributed by atoms with Crippen molar-refractivity contribution in [1.29, 1.82) is 0 Å². The lowest BCUT2D eigenvalue weighted by atomic mass is 10.3. The van der Waals surface area contributed by atoms with Crippen molar-refractivity contribution in [2.75, 3.05) is 6.61 Å². The van der Waals surface area contributed by atoms with Crippen LogP contribution in [0.25, 0.3) is 0 Å². The van der Waals surface area contributed by atoms with Crippen molar-refractivity contribution in [1.82, 2.24) is 0 Å². The van der Waals surface area contributed by atoms with E-state index in [-0.39, 0.29) is 11.6 Å².